The lowest BCUT2D eigenvalue weighted by molar-refractivity contribution is 0.306. The largest absolute Gasteiger partial charge is 0.327 e. The van der Waals surface area contributed by atoms with E-state index in [1.54, 1.807) is 6.07 Å². The van der Waals surface area contributed by atoms with Gasteiger partial charge in [-0.2, -0.15) is 0 Å². The van der Waals surface area contributed by atoms with Gasteiger partial charge in [0.1, 0.15) is 5.82 Å². The van der Waals surface area contributed by atoms with E-state index >= 15 is 0 Å². The number of hydrogen-bond donors (Lipinski definition) is 1. The molecule has 2 heteroatoms. The fraction of sp³-hybridized carbons (Fsp3) is 0.571. The van der Waals surface area contributed by atoms with Crippen LogP contribution in [-0.2, 0) is 0 Å². The quantitative estimate of drug-likeness (QED) is 0.773. The third-order valence-electron chi connectivity index (χ3n) is 3.78. The average Bonchev–Trinajstić information content (AvgIpc) is 2.26. The first-order chi connectivity index (χ1) is 7.58. The van der Waals surface area contributed by atoms with E-state index in [2.05, 4.69) is 6.92 Å². The first-order valence-corrected chi connectivity index (χ1v) is 6.09. The summed E-state index contributed by atoms with van der Waals surface area (Å²) in [4.78, 5) is 0. The molecule has 0 amide bonds. The predicted octanol–water partition coefficient (Wildman–Crippen LogP) is 3.37. The van der Waals surface area contributed by atoms with Crippen molar-refractivity contribution >= 4 is 0 Å². The second-order valence-corrected chi connectivity index (χ2v) is 5.20. The molecule has 2 rings (SSSR count). The Kier molecular flexibility index (Phi) is 3.29. The summed E-state index contributed by atoms with van der Waals surface area (Å²) in [6.45, 7) is 4.09. The third kappa shape index (κ3) is 2.27. The van der Waals surface area contributed by atoms with Gasteiger partial charge in [0.15, 0.2) is 0 Å². The molecular weight excluding hydrogens is 201 g/mol. The summed E-state index contributed by atoms with van der Waals surface area (Å²) in [5, 5.41) is 0. The minimum absolute atomic E-state index is 0.124. The van der Waals surface area contributed by atoms with Crippen molar-refractivity contribution in [3.63, 3.8) is 0 Å². The van der Waals surface area contributed by atoms with Crippen LogP contribution < -0.4 is 5.73 Å². The highest BCUT2D eigenvalue weighted by atomic mass is 19.1. The van der Waals surface area contributed by atoms with E-state index in [0.717, 1.165) is 24.3 Å². The monoisotopic (exact) mass is 221 g/mol. The molecule has 1 aromatic carbocycles. The Morgan fingerprint density at radius 3 is 2.75 bits per heavy atom. The Balaban J connectivity index is 2.24. The molecule has 1 saturated carbocycles. The van der Waals surface area contributed by atoms with Crippen LogP contribution in [0.4, 0.5) is 4.39 Å². The minimum Gasteiger partial charge on any atom is -0.327 e. The van der Waals surface area contributed by atoms with Crippen molar-refractivity contribution in [2.24, 2.45) is 11.7 Å². The summed E-state index contributed by atoms with van der Waals surface area (Å²) in [7, 11) is 0. The lowest BCUT2D eigenvalue weighted by Crippen LogP contribution is -2.34. The molecule has 1 aromatic rings. The second-order valence-electron chi connectivity index (χ2n) is 5.20. The van der Waals surface area contributed by atoms with Crippen LogP contribution in [0.3, 0.4) is 0 Å². The first kappa shape index (κ1) is 11.6. The van der Waals surface area contributed by atoms with Gasteiger partial charge in [0.05, 0.1) is 0 Å². The molecule has 0 heterocycles. The van der Waals surface area contributed by atoms with Gasteiger partial charge in [-0.3, -0.25) is 0 Å². The smallest absolute Gasteiger partial charge is 0.126 e. The van der Waals surface area contributed by atoms with Crippen molar-refractivity contribution in [2.45, 2.75) is 45.1 Å². The van der Waals surface area contributed by atoms with Gasteiger partial charge in [0.2, 0.25) is 0 Å². The molecule has 0 aliphatic heterocycles. The summed E-state index contributed by atoms with van der Waals surface area (Å²) in [6, 6.07) is 5.65. The van der Waals surface area contributed by atoms with Crippen LogP contribution in [-0.4, -0.2) is 6.04 Å². The maximum absolute atomic E-state index is 13.2. The molecule has 2 N–H and O–H groups in total. The van der Waals surface area contributed by atoms with E-state index in [-0.39, 0.29) is 11.9 Å². The molecule has 1 nitrogen and oxygen atoms in total. The van der Waals surface area contributed by atoms with Crippen LogP contribution in [0.15, 0.2) is 18.2 Å². The van der Waals surface area contributed by atoms with Gasteiger partial charge >= 0.3 is 0 Å². The number of aryl methyl sites for hydroxylation is 1. The molecule has 0 spiro atoms. The highest BCUT2D eigenvalue weighted by Gasteiger charge is 2.27. The zero-order valence-electron chi connectivity index (χ0n) is 10.0. The van der Waals surface area contributed by atoms with Gasteiger partial charge in [-0.15, -0.1) is 0 Å². The summed E-state index contributed by atoms with van der Waals surface area (Å²) < 4.78 is 13.2. The first-order valence-electron chi connectivity index (χ1n) is 6.09. The van der Waals surface area contributed by atoms with Crippen LogP contribution in [0.1, 0.15) is 43.2 Å². The molecule has 1 aliphatic rings. The van der Waals surface area contributed by atoms with Gasteiger partial charge in [-0.05, 0) is 55.2 Å². The van der Waals surface area contributed by atoms with Crippen LogP contribution in [0, 0.1) is 18.7 Å². The molecular formula is C14H20FN. The Labute approximate surface area is 96.9 Å². The zero-order valence-corrected chi connectivity index (χ0v) is 10.0. The molecule has 16 heavy (non-hydrogen) atoms. The highest BCUT2D eigenvalue weighted by molar-refractivity contribution is 5.28. The maximum Gasteiger partial charge on any atom is 0.126 e. The molecule has 3 atom stereocenters. The van der Waals surface area contributed by atoms with E-state index in [1.165, 1.54) is 12.0 Å². The molecule has 1 aliphatic carbocycles. The predicted molar refractivity (Wildman–Crippen MR) is 64.9 cm³/mol. The molecule has 0 bridgehead atoms. The van der Waals surface area contributed by atoms with Crippen molar-refractivity contribution < 1.29 is 4.39 Å². The normalized spacial score (nSPS) is 30.4. The maximum atomic E-state index is 13.2. The standard InChI is InChI=1S/C14H20FN/c1-9-3-6-14(16)12(7-9)11-4-5-13(15)10(2)8-11/h4-5,8-9,12,14H,3,6-7,16H2,1-2H3. The fourth-order valence-corrected chi connectivity index (χ4v) is 2.69. The van der Waals surface area contributed by atoms with Crippen LogP contribution >= 0.6 is 0 Å². The number of benzene rings is 1. The van der Waals surface area contributed by atoms with Crippen LogP contribution in [0.2, 0.25) is 0 Å². The van der Waals surface area contributed by atoms with Gasteiger partial charge in [0.25, 0.3) is 0 Å². The Bertz CT molecular complexity index is 375. The summed E-state index contributed by atoms with van der Waals surface area (Å²) in [5.41, 5.74) is 8.10. The SMILES string of the molecule is Cc1cc(C2CC(C)CCC2N)ccc1F. The second kappa shape index (κ2) is 4.54. The lowest BCUT2D eigenvalue weighted by atomic mass is 9.75. The Hall–Kier alpha value is -0.890. The van der Waals surface area contributed by atoms with E-state index in [1.807, 2.05) is 19.1 Å². The van der Waals surface area contributed by atoms with Gasteiger partial charge in [-0.1, -0.05) is 19.1 Å². The number of rotatable bonds is 1. The average molecular weight is 221 g/mol. The topological polar surface area (TPSA) is 26.0 Å². The number of hydrogen-bond acceptors (Lipinski definition) is 1. The van der Waals surface area contributed by atoms with E-state index in [4.69, 9.17) is 5.73 Å². The van der Waals surface area contributed by atoms with Crippen molar-refractivity contribution in [3.05, 3.63) is 35.1 Å². The van der Waals surface area contributed by atoms with Crippen LogP contribution in [0.5, 0.6) is 0 Å². The molecule has 0 saturated heterocycles. The number of halogens is 1. The number of nitrogens with two attached hydrogens (primary N) is 1. The zero-order chi connectivity index (χ0) is 11.7. The van der Waals surface area contributed by atoms with Crippen molar-refractivity contribution in [1.29, 1.82) is 0 Å². The summed E-state index contributed by atoms with van der Waals surface area (Å²) >= 11 is 0. The highest BCUT2D eigenvalue weighted by Crippen LogP contribution is 2.35. The van der Waals surface area contributed by atoms with Gasteiger partial charge < -0.3 is 5.73 Å². The van der Waals surface area contributed by atoms with E-state index in [0.29, 0.717) is 5.92 Å². The van der Waals surface area contributed by atoms with Gasteiger partial charge in [0, 0.05) is 6.04 Å². The van der Waals surface area contributed by atoms with Crippen LogP contribution in [0.25, 0.3) is 0 Å². The van der Waals surface area contributed by atoms with E-state index in [9.17, 15) is 4.39 Å². The molecule has 0 aromatic heterocycles. The fourth-order valence-electron chi connectivity index (χ4n) is 2.69. The van der Waals surface area contributed by atoms with Crippen molar-refractivity contribution in [2.75, 3.05) is 0 Å². The molecule has 1 fully saturated rings. The van der Waals surface area contributed by atoms with Gasteiger partial charge in [-0.25, -0.2) is 4.39 Å². The Morgan fingerprint density at radius 2 is 2.06 bits per heavy atom. The van der Waals surface area contributed by atoms with Crippen molar-refractivity contribution in [3.8, 4) is 0 Å². The minimum atomic E-state index is -0.124. The molecule has 0 radical (unpaired) electrons. The van der Waals surface area contributed by atoms with Crippen molar-refractivity contribution in [1.82, 2.24) is 0 Å². The lowest BCUT2D eigenvalue weighted by Gasteiger charge is -2.33. The summed E-state index contributed by atoms with van der Waals surface area (Å²) in [5.74, 6) is 1.01. The summed E-state index contributed by atoms with van der Waals surface area (Å²) in [6.07, 6.45) is 3.44. The molecule has 3 unspecified atom stereocenters. The third-order valence-corrected chi connectivity index (χ3v) is 3.78. The molecule has 88 valence electrons. The van der Waals surface area contributed by atoms with E-state index < -0.39 is 0 Å². The Morgan fingerprint density at radius 1 is 1.31 bits per heavy atom.